The molecule has 2 N–H and O–H groups in total. The largest absolute Gasteiger partial charge is 0.330 e. The average Bonchev–Trinajstić information content (AvgIpc) is 1.97. The normalized spacial score (nSPS) is 19.0. The van der Waals surface area contributed by atoms with Crippen molar-refractivity contribution in [2.75, 3.05) is 19.3 Å². The van der Waals surface area contributed by atoms with E-state index in [0.717, 1.165) is 19.3 Å². The van der Waals surface area contributed by atoms with Crippen LogP contribution in [0.2, 0.25) is 0 Å². The maximum Gasteiger partial charge on any atom is 0.214 e. The van der Waals surface area contributed by atoms with E-state index in [2.05, 4.69) is 0 Å². The molecular formula is C8H18N2O2S. The van der Waals surface area contributed by atoms with Gasteiger partial charge in [-0.25, -0.2) is 12.7 Å². The van der Waals surface area contributed by atoms with Gasteiger partial charge in [0, 0.05) is 13.1 Å². The molecule has 0 radical (unpaired) electrons. The van der Waals surface area contributed by atoms with Crippen molar-refractivity contribution in [1.29, 1.82) is 0 Å². The molecule has 0 aromatic rings. The standard InChI is InChI=1S/C8H18N2O2S/c1-10(8-4-2-5-8)13(11,12)7-3-6-9/h8H,2-7,9H2,1H3. The average molecular weight is 206 g/mol. The summed E-state index contributed by atoms with van der Waals surface area (Å²) in [6.07, 6.45) is 3.73. The SMILES string of the molecule is CN(C1CCC1)S(=O)(=O)CCCN. The van der Waals surface area contributed by atoms with E-state index in [0.29, 0.717) is 13.0 Å². The minimum Gasteiger partial charge on any atom is -0.330 e. The van der Waals surface area contributed by atoms with Crippen LogP contribution >= 0.6 is 0 Å². The highest BCUT2D eigenvalue weighted by Gasteiger charge is 2.29. The first-order valence-electron chi connectivity index (χ1n) is 4.73. The Morgan fingerprint density at radius 3 is 2.46 bits per heavy atom. The van der Waals surface area contributed by atoms with Gasteiger partial charge in [-0.1, -0.05) is 6.42 Å². The van der Waals surface area contributed by atoms with E-state index in [1.54, 1.807) is 7.05 Å². The van der Waals surface area contributed by atoms with E-state index in [4.69, 9.17) is 5.73 Å². The molecule has 0 aromatic heterocycles. The number of sulfonamides is 1. The Balaban J connectivity index is 2.47. The third-order valence-corrected chi connectivity index (χ3v) is 4.61. The van der Waals surface area contributed by atoms with Crippen LogP contribution in [0.1, 0.15) is 25.7 Å². The van der Waals surface area contributed by atoms with E-state index in [-0.39, 0.29) is 11.8 Å². The molecule has 0 amide bonds. The summed E-state index contributed by atoms with van der Waals surface area (Å²) in [4.78, 5) is 0. The van der Waals surface area contributed by atoms with Gasteiger partial charge in [-0.15, -0.1) is 0 Å². The van der Waals surface area contributed by atoms with Crippen molar-refractivity contribution in [3.8, 4) is 0 Å². The number of rotatable bonds is 5. The molecule has 4 nitrogen and oxygen atoms in total. The first-order valence-corrected chi connectivity index (χ1v) is 6.34. The van der Waals surface area contributed by atoms with E-state index in [1.807, 2.05) is 0 Å². The molecule has 5 heteroatoms. The fraction of sp³-hybridized carbons (Fsp3) is 1.00. The Morgan fingerprint density at radius 2 is 2.08 bits per heavy atom. The van der Waals surface area contributed by atoms with Crippen molar-refractivity contribution >= 4 is 10.0 Å². The summed E-state index contributed by atoms with van der Waals surface area (Å²) in [5.41, 5.74) is 5.28. The minimum absolute atomic E-state index is 0.191. The zero-order chi connectivity index (χ0) is 9.90. The van der Waals surface area contributed by atoms with E-state index in [1.165, 1.54) is 4.31 Å². The van der Waals surface area contributed by atoms with Crippen LogP contribution in [0.25, 0.3) is 0 Å². The van der Waals surface area contributed by atoms with Gasteiger partial charge in [0.15, 0.2) is 0 Å². The highest BCUT2D eigenvalue weighted by Crippen LogP contribution is 2.25. The summed E-state index contributed by atoms with van der Waals surface area (Å²) in [5, 5.41) is 0. The predicted molar refractivity (Wildman–Crippen MR) is 52.9 cm³/mol. The van der Waals surface area contributed by atoms with Crippen molar-refractivity contribution in [2.24, 2.45) is 5.73 Å². The third-order valence-electron chi connectivity index (χ3n) is 2.63. The van der Waals surface area contributed by atoms with Gasteiger partial charge in [0.2, 0.25) is 10.0 Å². The highest BCUT2D eigenvalue weighted by molar-refractivity contribution is 7.89. The van der Waals surface area contributed by atoms with Crippen LogP contribution in [-0.2, 0) is 10.0 Å². The Bertz CT molecular complexity index is 247. The van der Waals surface area contributed by atoms with E-state index < -0.39 is 10.0 Å². The first-order chi connectivity index (χ1) is 6.08. The summed E-state index contributed by atoms with van der Waals surface area (Å²) in [6.45, 7) is 0.442. The van der Waals surface area contributed by atoms with Crippen LogP contribution in [-0.4, -0.2) is 38.1 Å². The maximum absolute atomic E-state index is 11.6. The molecule has 1 rings (SSSR count). The second-order valence-electron chi connectivity index (χ2n) is 3.56. The molecule has 0 bridgehead atoms. The summed E-state index contributed by atoms with van der Waals surface area (Å²) in [6, 6.07) is 0.253. The van der Waals surface area contributed by atoms with Gasteiger partial charge in [-0.05, 0) is 25.8 Å². The molecule has 0 heterocycles. The number of nitrogens with zero attached hydrogens (tertiary/aromatic N) is 1. The zero-order valence-corrected chi connectivity index (χ0v) is 8.89. The molecule has 1 saturated carbocycles. The summed E-state index contributed by atoms with van der Waals surface area (Å²) in [5.74, 6) is 0.191. The van der Waals surface area contributed by atoms with Crippen LogP contribution in [0.3, 0.4) is 0 Å². The fourth-order valence-corrected chi connectivity index (χ4v) is 2.87. The summed E-state index contributed by atoms with van der Waals surface area (Å²) < 4.78 is 24.7. The van der Waals surface area contributed by atoms with Gasteiger partial charge in [-0.2, -0.15) is 0 Å². The lowest BCUT2D eigenvalue weighted by atomic mass is 9.94. The monoisotopic (exact) mass is 206 g/mol. The van der Waals surface area contributed by atoms with Crippen LogP contribution in [0.5, 0.6) is 0 Å². The van der Waals surface area contributed by atoms with Crippen LogP contribution in [0.15, 0.2) is 0 Å². The molecule has 0 spiro atoms. The first kappa shape index (κ1) is 10.9. The minimum atomic E-state index is -3.03. The van der Waals surface area contributed by atoms with Crippen LogP contribution in [0, 0.1) is 0 Å². The summed E-state index contributed by atoms with van der Waals surface area (Å²) in [7, 11) is -1.35. The Hall–Kier alpha value is -0.130. The van der Waals surface area contributed by atoms with Gasteiger partial charge in [-0.3, -0.25) is 0 Å². The third kappa shape index (κ3) is 2.65. The molecule has 1 fully saturated rings. The lowest BCUT2D eigenvalue weighted by Crippen LogP contribution is -2.42. The number of nitrogens with two attached hydrogens (primary N) is 1. The molecule has 0 saturated heterocycles. The van der Waals surface area contributed by atoms with Gasteiger partial charge >= 0.3 is 0 Å². The molecule has 1 aliphatic rings. The Morgan fingerprint density at radius 1 is 1.46 bits per heavy atom. The molecular weight excluding hydrogens is 188 g/mol. The Labute approximate surface area is 80.1 Å². The van der Waals surface area contributed by atoms with E-state index >= 15 is 0 Å². The quantitative estimate of drug-likeness (QED) is 0.696. The van der Waals surface area contributed by atoms with Crippen molar-refractivity contribution in [3.63, 3.8) is 0 Å². The maximum atomic E-state index is 11.6. The topological polar surface area (TPSA) is 63.4 Å². The molecule has 1 aliphatic carbocycles. The Kier molecular flexibility index (Phi) is 3.70. The van der Waals surface area contributed by atoms with Gasteiger partial charge in [0.25, 0.3) is 0 Å². The van der Waals surface area contributed by atoms with E-state index in [9.17, 15) is 8.42 Å². The van der Waals surface area contributed by atoms with Crippen LogP contribution < -0.4 is 5.73 Å². The van der Waals surface area contributed by atoms with Crippen molar-refractivity contribution in [3.05, 3.63) is 0 Å². The van der Waals surface area contributed by atoms with Crippen molar-refractivity contribution in [1.82, 2.24) is 4.31 Å². The number of hydrogen-bond donors (Lipinski definition) is 1. The lowest BCUT2D eigenvalue weighted by Gasteiger charge is -2.33. The fourth-order valence-electron chi connectivity index (χ4n) is 1.39. The summed E-state index contributed by atoms with van der Waals surface area (Å²) >= 11 is 0. The van der Waals surface area contributed by atoms with Gasteiger partial charge in [0.1, 0.15) is 0 Å². The van der Waals surface area contributed by atoms with Crippen molar-refractivity contribution < 1.29 is 8.42 Å². The lowest BCUT2D eigenvalue weighted by molar-refractivity contribution is 0.249. The number of hydrogen-bond acceptors (Lipinski definition) is 3. The molecule has 13 heavy (non-hydrogen) atoms. The molecule has 0 atom stereocenters. The van der Waals surface area contributed by atoms with Crippen LogP contribution in [0.4, 0.5) is 0 Å². The van der Waals surface area contributed by atoms with Crippen molar-refractivity contribution in [2.45, 2.75) is 31.7 Å². The van der Waals surface area contributed by atoms with Gasteiger partial charge < -0.3 is 5.73 Å². The second kappa shape index (κ2) is 4.39. The molecule has 0 aromatic carbocycles. The second-order valence-corrected chi connectivity index (χ2v) is 5.71. The zero-order valence-electron chi connectivity index (χ0n) is 8.07. The molecule has 0 aliphatic heterocycles. The molecule has 78 valence electrons. The highest BCUT2D eigenvalue weighted by atomic mass is 32.2. The predicted octanol–water partition coefficient (Wildman–Crippen LogP) is 0.149. The molecule has 0 unspecified atom stereocenters. The van der Waals surface area contributed by atoms with Gasteiger partial charge in [0.05, 0.1) is 5.75 Å². The smallest absolute Gasteiger partial charge is 0.214 e.